The molecule has 0 radical (unpaired) electrons. The van der Waals surface area contributed by atoms with Gasteiger partial charge >= 0.3 is 0 Å². The highest BCUT2D eigenvalue weighted by Crippen LogP contribution is 2.08. The predicted octanol–water partition coefficient (Wildman–Crippen LogP) is 3.04. The number of hydrogen-bond donors (Lipinski definition) is 0. The Labute approximate surface area is 98.9 Å². The van der Waals surface area contributed by atoms with Gasteiger partial charge in [0.2, 0.25) is 0 Å². The van der Waals surface area contributed by atoms with E-state index in [9.17, 15) is 9.18 Å². The van der Waals surface area contributed by atoms with Gasteiger partial charge in [-0.2, -0.15) is 0 Å². The van der Waals surface area contributed by atoms with Crippen molar-refractivity contribution < 1.29 is 9.18 Å². The molecule has 0 aliphatic rings. The second-order valence-electron chi connectivity index (χ2n) is 3.47. The van der Waals surface area contributed by atoms with Gasteiger partial charge in [-0.25, -0.2) is 4.39 Å². The summed E-state index contributed by atoms with van der Waals surface area (Å²) in [7, 11) is 0. The highest BCUT2D eigenvalue weighted by atomic mass is 19.1. The maximum Gasteiger partial charge on any atom is 0.150 e. The van der Waals surface area contributed by atoms with Crippen LogP contribution in [0.25, 0.3) is 0 Å². The zero-order valence-corrected chi connectivity index (χ0v) is 8.98. The maximum atomic E-state index is 13.4. The number of benzene rings is 2. The lowest BCUT2D eigenvalue weighted by Crippen LogP contribution is -1.87. The molecule has 2 heteroatoms. The van der Waals surface area contributed by atoms with E-state index in [1.54, 1.807) is 0 Å². The van der Waals surface area contributed by atoms with Crippen LogP contribution in [0.3, 0.4) is 0 Å². The maximum absolute atomic E-state index is 13.4. The minimum Gasteiger partial charge on any atom is -0.298 e. The molecule has 0 heterocycles. The second-order valence-corrected chi connectivity index (χ2v) is 3.47. The normalized spacial score (nSPS) is 9.24. The van der Waals surface area contributed by atoms with Crippen LogP contribution in [0.1, 0.15) is 21.5 Å². The number of rotatable bonds is 1. The average molecular weight is 224 g/mol. The van der Waals surface area contributed by atoms with E-state index < -0.39 is 5.82 Å². The first-order valence-corrected chi connectivity index (χ1v) is 5.11. The molecule has 0 saturated heterocycles. The highest BCUT2D eigenvalue weighted by Gasteiger charge is 1.99. The summed E-state index contributed by atoms with van der Waals surface area (Å²) in [5.41, 5.74) is 1.46. The molecule has 0 bridgehead atoms. The molecular weight excluding hydrogens is 215 g/mol. The molecule has 17 heavy (non-hydrogen) atoms. The molecule has 82 valence electrons. The third kappa shape index (κ3) is 2.79. The third-order valence-corrected chi connectivity index (χ3v) is 2.24. The predicted molar refractivity (Wildman–Crippen MR) is 64.2 cm³/mol. The molecule has 0 N–H and O–H groups in total. The minimum atomic E-state index is -0.418. The lowest BCUT2D eigenvalue weighted by atomic mass is 10.1. The monoisotopic (exact) mass is 224 g/mol. The Hall–Kier alpha value is -2.40. The van der Waals surface area contributed by atoms with Gasteiger partial charge in [0.1, 0.15) is 12.1 Å². The van der Waals surface area contributed by atoms with Crippen LogP contribution < -0.4 is 0 Å². The van der Waals surface area contributed by atoms with Crippen molar-refractivity contribution in [1.29, 1.82) is 0 Å². The summed E-state index contributed by atoms with van der Waals surface area (Å²) in [5, 5.41) is 0. The van der Waals surface area contributed by atoms with Crippen molar-refractivity contribution in [2.75, 3.05) is 0 Å². The number of carbonyl (C=O) groups is 1. The molecule has 1 nitrogen and oxygen atoms in total. The standard InChI is InChI=1S/C15H9FO/c16-15-9-7-13(11-17)10-14(15)8-6-12-4-2-1-3-5-12/h1-5,7,9-11H. The fourth-order valence-electron chi connectivity index (χ4n) is 1.37. The van der Waals surface area contributed by atoms with Gasteiger partial charge in [-0.05, 0) is 30.3 Å². The molecule has 0 atom stereocenters. The van der Waals surface area contributed by atoms with Gasteiger partial charge in [0.05, 0.1) is 5.56 Å². The van der Waals surface area contributed by atoms with Crippen LogP contribution in [-0.2, 0) is 0 Å². The highest BCUT2D eigenvalue weighted by molar-refractivity contribution is 5.75. The van der Waals surface area contributed by atoms with Gasteiger partial charge in [-0.15, -0.1) is 0 Å². The molecule has 2 aromatic carbocycles. The molecule has 0 aliphatic heterocycles. The number of aldehydes is 1. The molecule has 2 aromatic rings. The summed E-state index contributed by atoms with van der Waals surface area (Å²) in [5.74, 6) is 5.15. The molecule has 0 fully saturated rings. The Morgan fingerprint density at radius 2 is 1.76 bits per heavy atom. The van der Waals surface area contributed by atoms with Crippen molar-refractivity contribution in [3.8, 4) is 11.8 Å². The van der Waals surface area contributed by atoms with Gasteiger partial charge in [0.15, 0.2) is 0 Å². The smallest absolute Gasteiger partial charge is 0.150 e. The lowest BCUT2D eigenvalue weighted by Gasteiger charge is -1.95. The first kappa shape index (κ1) is 11.1. The van der Waals surface area contributed by atoms with E-state index in [0.29, 0.717) is 11.8 Å². The summed E-state index contributed by atoms with van der Waals surface area (Å²) >= 11 is 0. The van der Waals surface area contributed by atoms with Gasteiger partial charge in [0.25, 0.3) is 0 Å². The van der Waals surface area contributed by atoms with Crippen molar-refractivity contribution in [2.24, 2.45) is 0 Å². The van der Waals surface area contributed by atoms with Crippen LogP contribution in [-0.4, -0.2) is 6.29 Å². The Morgan fingerprint density at radius 1 is 1.00 bits per heavy atom. The first-order valence-electron chi connectivity index (χ1n) is 5.11. The van der Waals surface area contributed by atoms with Gasteiger partial charge in [-0.3, -0.25) is 4.79 Å². The second kappa shape index (κ2) is 5.09. The van der Waals surface area contributed by atoms with Crippen LogP contribution in [0.2, 0.25) is 0 Å². The Bertz CT molecular complexity index is 591. The molecule has 0 aromatic heterocycles. The quantitative estimate of drug-likeness (QED) is 0.537. The van der Waals surface area contributed by atoms with E-state index in [0.717, 1.165) is 5.56 Å². The summed E-state index contributed by atoms with van der Waals surface area (Å²) in [4.78, 5) is 10.6. The topological polar surface area (TPSA) is 17.1 Å². The fourth-order valence-corrected chi connectivity index (χ4v) is 1.37. The Morgan fingerprint density at radius 3 is 2.47 bits per heavy atom. The largest absolute Gasteiger partial charge is 0.298 e. The van der Waals surface area contributed by atoms with Crippen molar-refractivity contribution >= 4 is 6.29 Å². The van der Waals surface area contributed by atoms with Gasteiger partial charge in [-0.1, -0.05) is 30.0 Å². The molecule has 0 saturated carbocycles. The van der Waals surface area contributed by atoms with Crippen LogP contribution in [0, 0.1) is 17.7 Å². The summed E-state index contributed by atoms with van der Waals surface area (Å²) in [6.45, 7) is 0. The lowest BCUT2D eigenvalue weighted by molar-refractivity contribution is 0.112. The van der Waals surface area contributed by atoms with Crippen LogP contribution in [0.4, 0.5) is 4.39 Å². The molecule has 0 amide bonds. The van der Waals surface area contributed by atoms with E-state index in [1.807, 2.05) is 30.3 Å². The van der Waals surface area contributed by atoms with Crippen LogP contribution >= 0.6 is 0 Å². The van der Waals surface area contributed by atoms with E-state index in [4.69, 9.17) is 0 Å². The van der Waals surface area contributed by atoms with E-state index in [-0.39, 0.29) is 5.56 Å². The summed E-state index contributed by atoms with van der Waals surface area (Å²) < 4.78 is 13.4. The third-order valence-electron chi connectivity index (χ3n) is 2.24. The zero-order valence-electron chi connectivity index (χ0n) is 8.98. The van der Waals surface area contributed by atoms with E-state index in [1.165, 1.54) is 18.2 Å². The summed E-state index contributed by atoms with van der Waals surface area (Å²) in [6.07, 6.45) is 0.674. The minimum absolute atomic E-state index is 0.235. The van der Waals surface area contributed by atoms with Crippen molar-refractivity contribution in [2.45, 2.75) is 0 Å². The van der Waals surface area contributed by atoms with Crippen molar-refractivity contribution in [3.63, 3.8) is 0 Å². The SMILES string of the molecule is O=Cc1ccc(F)c(C#Cc2ccccc2)c1. The molecule has 0 unspecified atom stereocenters. The number of halogens is 1. The van der Waals surface area contributed by atoms with Crippen molar-refractivity contribution in [1.82, 2.24) is 0 Å². The van der Waals surface area contributed by atoms with Crippen LogP contribution in [0.15, 0.2) is 48.5 Å². The number of carbonyl (C=O) groups excluding carboxylic acids is 1. The molecular formula is C15H9FO. The Kier molecular flexibility index (Phi) is 3.32. The molecule has 2 rings (SSSR count). The zero-order chi connectivity index (χ0) is 12.1. The van der Waals surface area contributed by atoms with Crippen molar-refractivity contribution in [3.05, 3.63) is 71.0 Å². The van der Waals surface area contributed by atoms with E-state index >= 15 is 0 Å². The molecule has 0 aliphatic carbocycles. The fraction of sp³-hybridized carbons (Fsp3) is 0. The average Bonchev–Trinajstić information content (AvgIpc) is 2.39. The first-order chi connectivity index (χ1) is 8.29. The molecule has 0 spiro atoms. The summed E-state index contributed by atoms with van der Waals surface area (Å²) in [6, 6.07) is 13.4. The van der Waals surface area contributed by atoms with E-state index in [2.05, 4.69) is 11.8 Å². The number of hydrogen-bond acceptors (Lipinski definition) is 1. The van der Waals surface area contributed by atoms with Gasteiger partial charge < -0.3 is 0 Å². The van der Waals surface area contributed by atoms with Crippen LogP contribution in [0.5, 0.6) is 0 Å². The van der Waals surface area contributed by atoms with Gasteiger partial charge in [0, 0.05) is 11.1 Å². The Balaban J connectivity index is 2.36.